The molecule has 0 saturated heterocycles. The molecule has 1 aliphatic rings. The van der Waals surface area contributed by atoms with Gasteiger partial charge in [-0.15, -0.1) is 0 Å². The minimum absolute atomic E-state index is 0.0172. The van der Waals surface area contributed by atoms with Crippen molar-refractivity contribution in [2.24, 2.45) is 7.05 Å². The second kappa shape index (κ2) is 6.48. The van der Waals surface area contributed by atoms with Crippen LogP contribution in [-0.4, -0.2) is 28.8 Å². The molecule has 0 fully saturated rings. The van der Waals surface area contributed by atoms with Gasteiger partial charge in [-0.1, -0.05) is 11.6 Å². The lowest BCUT2D eigenvalue weighted by molar-refractivity contribution is -0.115. The number of nitrogens with zero attached hydrogens (tertiary/aromatic N) is 3. The molecule has 6 heteroatoms. The van der Waals surface area contributed by atoms with Crippen LogP contribution in [0.15, 0.2) is 12.1 Å². The zero-order valence-electron chi connectivity index (χ0n) is 14.6. The van der Waals surface area contributed by atoms with Gasteiger partial charge in [-0.05, 0) is 56.9 Å². The topological polar surface area (TPSA) is 50.2 Å². The summed E-state index contributed by atoms with van der Waals surface area (Å²) in [5, 5.41) is 8.13. The van der Waals surface area contributed by atoms with E-state index in [9.17, 15) is 4.79 Å². The minimum Gasteiger partial charge on any atom is -0.362 e. The maximum Gasteiger partial charge on any atom is 0.243 e. The zero-order valence-corrected chi connectivity index (χ0v) is 15.4. The van der Waals surface area contributed by atoms with E-state index in [1.807, 2.05) is 33.0 Å². The van der Waals surface area contributed by atoms with Crippen LogP contribution in [-0.2, 0) is 18.3 Å². The van der Waals surface area contributed by atoms with Crippen LogP contribution >= 0.6 is 11.6 Å². The van der Waals surface area contributed by atoms with Crippen LogP contribution in [0.2, 0.25) is 5.02 Å². The number of hydrogen-bond donors (Lipinski definition) is 1. The van der Waals surface area contributed by atoms with Crippen LogP contribution in [0.25, 0.3) is 0 Å². The van der Waals surface area contributed by atoms with E-state index in [2.05, 4.69) is 22.2 Å². The number of hydrogen-bond acceptors (Lipinski definition) is 3. The summed E-state index contributed by atoms with van der Waals surface area (Å²) in [5.41, 5.74) is 6.12. The summed E-state index contributed by atoms with van der Waals surface area (Å²) in [5.74, 6) is -0.0172. The molecule has 0 aliphatic carbocycles. The summed E-state index contributed by atoms with van der Waals surface area (Å²) in [7, 11) is 1.88. The van der Waals surface area contributed by atoms with Crippen molar-refractivity contribution in [1.82, 2.24) is 9.78 Å². The average Bonchev–Trinajstić information content (AvgIpc) is 2.73. The molecule has 3 rings (SSSR count). The monoisotopic (exact) mass is 346 g/mol. The fourth-order valence-electron chi connectivity index (χ4n) is 3.49. The maximum atomic E-state index is 12.6. The normalized spacial score (nSPS) is 13.8. The number of benzene rings is 1. The Kier molecular flexibility index (Phi) is 4.54. The molecule has 1 aromatic carbocycles. The van der Waals surface area contributed by atoms with Gasteiger partial charge >= 0.3 is 0 Å². The highest BCUT2D eigenvalue weighted by atomic mass is 35.5. The number of aromatic nitrogens is 2. The summed E-state index contributed by atoms with van der Waals surface area (Å²) in [6.45, 7) is 7.14. The Balaban J connectivity index is 1.79. The molecular weight excluding hydrogens is 324 g/mol. The van der Waals surface area contributed by atoms with Crippen LogP contribution in [0.1, 0.15) is 28.9 Å². The smallest absolute Gasteiger partial charge is 0.243 e. The van der Waals surface area contributed by atoms with Gasteiger partial charge in [-0.2, -0.15) is 5.10 Å². The Morgan fingerprint density at radius 1 is 1.33 bits per heavy atom. The van der Waals surface area contributed by atoms with E-state index in [4.69, 9.17) is 11.6 Å². The standard InChI is InChI=1S/C18H23ClN4O/c1-11-8-15(19)9-14-6-5-7-23(18(11)14)10-16(24)20-17-12(2)21-22(4)13(17)3/h8-9H,5-7,10H2,1-4H3,(H,20,24). The van der Waals surface area contributed by atoms with Gasteiger partial charge in [-0.25, -0.2) is 0 Å². The van der Waals surface area contributed by atoms with E-state index in [0.29, 0.717) is 6.54 Å². The van der Waals surface area contributed by atoms with Gasteiger partial charge in [0.25, 0.3) is 0 Å². The van der Waals surface area contributed by atoms with Gasteiger partial charge in [0.05, 0.1) is 23.6 Å². The van der Waals surface area contributed by atoms with E-state index in [0.717, 1.165) is 52.7 Å². The average molecular weight is 347 g/mol. The lowest BCUT2D eigenvalue weighted by Gasteiger charge is -2.32. The number of nitrogens with one attached hydrogen (secondary N) is 1. The predicted octanol–water partition coefficient (Wildman–Crippen LogP) is 3.39. The Morgan fingerprint density at radius 3 is 2.75 bits per heavy atom. The van der Waals surface area contributed by atoms with E-state index in [1.54, 1.807) is 4.68 Å². The zero-order chi connectivity index (χ0) is 17.4. The molecular formula is C18H23ClN4O. The molecule has 0 saturated carbocycles. The van der Waals surface area contributed by atoms with Crippen molar-refractivity contribution in [2.75, 3.05) is 23.3 Å². The van der Waals surface area contributed by atoms with Crippen molar-refractivity contribution in [1.29, 1.82) is 0 Å². The first-order valence-electron chi connectivity index (χ1n) is 8.21. The molecule has 2 aromatic rings. The second-order valence-electron chi connectivity index (χ2n) is 6.47. The quantitative estimate of drug-likeness (QED) is 0.926. The van der Waals surface area contributed by atoms with Crippen LogP contribution in [0, 0.1) is 20.8 Å². The molecule has 24 heavy (non-hydrogen) atoms. The Bertz CT molecular complexity index is 797. The minimum atomic E-state index is -0.0172. The van der Waals surface area contributed by atoms with Gasteiger partial charge in [0.1, 0.15) is 0 Å². The lowest BCUT2D eigenvalue weighted by atomic mass is 9.98. The van der Waals surface area contributed by atoms with Crippen LogP contribution in [0.4, 0.5) is 11.4 Å². The van der Waals surface area contributed by atoms with Crippen molar-refractivity contribution in [3.05, 3.63) is 39.7 Å². The molecule has 0 unspecified atom stereocenters. The van der Waals surface area contributed by atoms with Crippen molar-refractivity contribution >= 4 is 28.9 Å². The summed E-state index contributed by atoms with van der Waals surface area (Å²) in [6.07, 6.45) is 2.04. The molecule has 128 valence electrons. The summed E-state index contributed by atoms with van der Waals surface area (Å²) in [4.78, 5) is 14.7. The van der Waals surface area contributed by atoms with E-state index >= 15 is 0 Å². The molecule has 1 N–H and O–H groups in total. The summed E-state index contributed by atoms with van der Waals surface area (Å²) < 4.78 is 1.79. The van der Waals surface area contributed by atoms with Gasteiger partial charge in [-0.3, -0.25) is 9.48 Å². The first-order valence-corrected chi connectivity index (χ1v) is 8.58. The third kappa shape index (κ3) is 3.13. The SMILES string of the molecule is Cc1cc(Cl)cc2c1N(CC(=O)Nc1c(C)nn(C)c1C)CCC2. The third-order valence-electron chi connectivity index (χ3n) is 4.64. The number of carbonyl (C=O) groups is 1. The highest BCUT2D eigenvalue weighted by Crippen LogP contribution is 2.33. The number of rotatable bonds is 3. The van der Waals surface area contributed by atoms with Gasteiger partial charge in [0.15, 0.2) is 0 Å². The molecule has 2 heterocycles. The molecule has 0 radical (unpaired) electrons. The fourth-order valence-corrected chi connectivity index (χ4v) is 3.78. The van der Waals surface area contributed by atoms with Crippen LogP contribution in [0.5, 0.6) is 0 Å². The number of anilines is 2. The van der Waals surface area contributed by atoms with Gasteiger partial charge in [0, 0.05) is 24.3 Å². The molecule has 0 bridgehead atoms. The number of amides is 1. The van der Waals surface area contributed by atoms with Crippen LogP contribution in [0.3, 0.4) is 0 Å². The first kappa shape index (κ1) is 16.8. The summed E-state index contributed by atoms with van der Waals surface area (Å²) >= 11 is 6.17. The van der Waals surface area contributed by atoms with Crippen molar-refractivity contribution in [2.45, 2.75) is 33.6 Å². The lowest BCUT2D eigenvalue weighted by Crippen LogP contribution is -2.37. The highest BCUT2D eigenvalue weighted by Gasteiger charge is 2.22. The maximum absolute atomic E-state index is 12.6. The molecule has 0 atom stereocenters. The summed E-state index contributed by atoms with van der Waals surface area (Å²) in [6, 6.07) is 3.98. The van der Waals surface area contributed by atoms with Crippen LogP contribution < -0.4 is 10.2 Å². The number of aryl methyl sites for hydroxylation is 4. The van der Waals surface area contributed by atoms with E-state index in [-0.39, 0.29) is 5.91 Å². The molecule has 1 aromatic heterocycles. The number of fused-ring (bicyclic) bond motifs is 1. The second-order valence-corrected chi connectivity index (χ2v) is 6.91. The predicted molar refractivity (Wildman–Crippen MR) is 98.0 cm³/mol. The van der Waals surface area contributed by atoms with Crippen molar-refractivity contribution < 1.29 is 4.79 Å². The Labute approximate surface area is 147 Å². The largest absolute Gasteiger partial charge is 0.362 e. The third-order valence-corrected chi connectivity index (χ3v) is 4.86. The molecule has 1 amide bonds. The molecule has 1 aliphatic heterocycles. The first-order chi connectivity index (χ1) is 11.4. The van der Waals surface area contributed by atoms with Crippen molar-refractivity contribution in [3.8, 4) is 0 Å². The number of carbonyl (C=O) groups excluding carboxylic acids is 1. The highest BCUT2D eigenvalue weighted by molar-refractivity contribution is 6.30. The van der Waals surface area contributed by atoms with Gasteiger partial charge in [0.2, 0.25) is 5.91 Å². The Morgan fingerprint density at radius 2 is 2.08 bits per heavy atom. The van der Waals surface area contributed by atoms with E-state index < -0.39 is 0 Å². The Hall–Kier alpha value is -2.01. The molecule has 0 spiro atoms. The number of halogens is 1. The van der Waals surface area contributed by atoms with Gasteiger partial charge < -0.3 is 10.2 Å². The van der Waals surface area contributed by atoms with E-state index in [1.165, 1.54) is 5.56 Å². The molecule has 5 nitrogen and oxygen atoms in total. The fraction of sp³-hybridized carbons (Fsp3) is 0.444. The van der Waals surface area contributed by atoms with Crippen molar-refractivity contribution in [3.63, 3.8) is 0 Å².